The summed E-state index contributed by atoms with van der Waals surface area (Å²) in [4.78, 5) is 2.62. The molecule has 1 N–H and O–H groups in total. The summed E-state index contributed by atoms with van der Waals surface area (Å²) in [6.45, 7) is 11.6. The molecular formula is C21H34N2O2S. The second-order valence-electron chi connectivity index (χ2n) is 8.59. The Morgan fingerprint density at radius 1 is 1.19 bits per heavy atom. The molecule has 0 aromatic heterocycles. The summed E-state index contributed by atoms with van der Waals surface area (Å²) in [6, 6.07) is 8.04. The Morgan fingerprint density at radius 2 is 1.88 bits per heavy atom. The van der Waals surface area contributed by atoms with Gasteiger partial charge in [-0.1, -0.05) is 45.2 Å². The van der Waals surface area contributed by atoms with E-state index in [4.69, 9.17) is 0 Å². The summed E-state index contributed by atoms with van der Waals surface area (Å²) in [5, 5.41) is -0.427. The number of unbranched alkanes of at least 4 members (excludes halogenated alkanes) is 3. The van der Waals surface area contributed by atoms with Gasteiger partial charge in [0.15, 0.2) is 0 Å². The highest BCUT2D eigenvalue weighted by Gasteiger charge is 2.65. The van der Waals surface area contributed by atoms with Gasteiger partial charge < -0.3 is 4.90 Å². The first-order valence-corrected chi connectivity index (χ1v) is 11.7. The predicted octanol–water partition coefficient (Wildman–Crippen LogP) is 4.24. The van der Waals surface area contributed by atoms with E-state index < -0.39 is 15.3 Å². The van der Waals surface area contributed by atoms with Gasteiger partial charge in [0.05, 0.1) is 5.25 Å². The maximum absolute atomic E-state index is 12.1. The number of hydrogen-bond acceptors (Lipinski definition) is 3. The van der Waals surface area contributed by atoms with Crippen LogP contribution in [0.1, 0.15) is 58.9 Å². The molecule has 146 valence electrons. The maximum Gasteiger partial charge on any atom is 0.235 e. The van der Waals surface area contributed by atoms with Crippen molar-refractivity contribution in [3.05, 3.63) is 29.8 Å². The number of likely N-dealkylation sites (tertiary alicyclic amines) is 1. The molecule has 1 saturated heterocycles. The highest BCUT2D eigenvalue weighted by Crippen LogP contribution is 2.63. The van der Waals surface area contributed by atoms with Crippen LogP contribution in [-0.2, 0) is 15.4 Å². The zero-order chi connectivity index (χ0) is 18.9. The molecule has 1 heterocycles. The third kappa shape index (κ3) is 3.79. The second kappa shape index (κ2) is 7.51. The van der Waals surface area contributed by atoms with Crippen molar-refractivity contribution < 1.29 is 8.42 Å². The lowest BCUT2D eigenvalue weighted by molar-refractivity contribution is 0.271. The molecule has 0 spiro atoms. The zero-order valence-electron chi connectivity index (χ0n) is 16.7. The van der Waals surface area contributed by atoms with Crippen LogP contribution in [0.25, 0.3) is 0 Å². The summed E-state index contributed by atoms with van der Waals surface area (Å²) in [5.41, 5.74) is 2.18. The van der Waals surface area contributed by atoms with Gasteiger partial charge in [-0.2, -0.15) is 0 Å². The molecule has 1 unspecified atom stereocenters. The number of piperidine rings is 1. The molecule has 3 atom stereocenters. The summed E-state index contributed by atoms with van der Waals surface area (Å²) in [5.74, 6) is 1.43. The van der Waals surface area contributed by atoms with Crippen molar-refractivity contribution in [1.29, 1.82) is 0 Å². The van der Waals surface area contributed by atoms with Gasteiger partial charge in [0.2, 0.25) is 10.0 Å². The normalized spacial score (nSPS) is 28.3. The van der Waals surface area contributed by atoms with Crippen LogP contribution in [-0.4, -0.2) is 38.2 Å². The van der Waals surface area contributed by atoms with Crippen LogP contribution in [0.2, 0.25) is 0 Å². The van der Waals surface area contributed by atoms with Gasteiger partial charge in [0.1, 0.15) is 0 Å². The van der Waals surface area contributed by atoms with E-state index in [-0.39, 0.29) is 5.41 Å². The monoisotopic (exact) mass is 378 g/mol. The second-order valence-corrected chi connectivity index (χ2v) is 10.8. The Labute approximate surface area is 159 Å². The van der Waals surface area contributed by atoms with E-state index in [0.29, 0.717) is 17.5 Å². The van der Waals surface area contributed by atoms with E-state index in [9.17, 15) is 8.42 Å². The Balaban J connectivity index is 1.61. The van der Waals surface area contributed by atoms with E-state index >= 15 is 0 Å². The number of sulfonamides is 1. The standard InChI is InChI=1S/C21H34N2O2S/c1-5-6-7-8-12-23-14-19-20(15-23)21(19,4)17-10-9-11-18(13-17)22-26(24,25)16(2)3/h9-11,13,16,19-20,22H,5-8,12,14-15H2,1-4H3/t19-,20+,21?. The summed E-state index contributed by atoms with van der Waals surface area (Å²) < 4.78 is 27.0. The van der Waals surface area contributed by atoms with Gasteiger partial charge in [0.25, 0.3) is 0 Å². The van der Waals surface area contributed by atoms with Crippen LogP contribution in [0.5, 0.6) is 0 Å². The first kappa shape index (κ1) is 19.7. The van der Waals surface area contributed by atoms with Crippen LogP contribution in [0.4, 0.5) is 5.69 Å². The lowest BCUT2D eigenvalue weighted by Gasteiger charge is -2.25. The molecule has 4 nitrogen and oxygen atoms in total. The zero-order valence-corrected chi connectivity index (χ0v) is 17.5. The average molecular weight is 379 g/mol. The third-order valence-electron chi connectivity index (χ3n) is 6.52. The third-order valence-corrected chi connectivity index (χ3v) is 8.28. The van der Waals surface area contributed by atoms with E-state index in [1.54, 1.807) is 13.8 Å². The molecule has 0 bridgehead atoms. The van der Waals surface area contributed by atoms with Crippen molar-refractivity contribution >= 4 is 15.7 Å². The molecule has 26 heavy (non-hydrogen) atoms. The predicted molar refractivity (Wildman–Crippen MR) is 109 cm³/mol. The van der Waals surface area contributed by atoms with Crippen molar-refractivity contribution in [2.45, 2.75) is 64.0 Å². The fourth-order valence-electron chi connectivity index (χ4n) is 4.54. The Bertz CT molecular complexity index is 717. The maximum atomic E-state index is 12.1. The lowest BCUT2D eigenvalue weighted by Crippen LogP contribution is -2.30. The van der Waals surface area contributed by atoms with Crippen LogP contribution in [0.3, 0.4) is 0 Å². The van der Waals surface area contributed by atoms with E-state index in [1.165, 1.54) is 50.9 Å². The van der Waals surface area contributed by atoms with Crippen molar-refractivity contribution in [3.8, 4) is 0 Å². The van der Waals surface area contributed by atoms with Crippen molar-refractivity contribution in [2.24, 2.45) is 11.8 Å². The summed E-state index contributed by atoms with van der Waals surface area (Å²) in [7, 11) is -3.29. The van der Waals surface area contributed by atoms with E-state index in [1.807, 2.05) is 18.2 Å². The van der Waals surface area contributed by atoms with E-state index in [2.05, 4.69) is 29.5 Å². The average Bonchev–Trinajstić information content (AvgIpc) is 2.94. The number of fused-ring (bicyclic) bond motifs is 1. The molecular weight excluding hydrogens is 344 g/mol. The van der Waals surface area contributed by atoms with Gasteiger partial charge in [-0.25, -0.2) is 8.42 Å². The first-order valence-electron chi connectivity index (χ1n) is 10.1. The van der Waals surface area contributed by atoms with Crippen LogP contribution < -0.4 is 4.72 Å². The number of rotatable bonds is 9. The van der Waals surface area contributed by atoms with Crippen molar-refractivity contribution in [2.75, 3.05) is 24.4 Å². The number of anilines is 1. The number of nitrogens with one attached hydrogen (secondary N) is 1. The van der Waals surface area contributed by atoms with Crippen molar-refractivity contribution in [3.63, 3.8) is 0 Å². The van der Waals surface area contributed by atoms with E-state index in [0.717, 1.165) is 0 Å². The van der Waals surface area contributed by atoms with Crippen LogP contribution in [0, 0.1) is 11.8 Å². The topological polar surface area (TPSA) is 49.4 Å². The van der Waals surface area contributed by atoms with Crippen molar-refractivity contribution in [1.82, 2.24) is 4.90 Å². The quantitative estimate of drug-likeness (QED) is 0.654. The highest BCUT2D eigenvalue weighted by molar-refractivity contribution is 7.93. The molecule has 3 rings (SSSR count). The highest BCUT2D eigenvalue weighted by atomic mass is 32.2. The largest absolute Gasteiger partial charge is 0.303 e. The van der Waals surface area contributed by atoms with Gasteiger partial charge in [0, 0.05) is 24.2 Å². The molecule has 1 aromatic carbocycles. The fourth-order valence-corrected chi connectivity index (χ4v) is 5.23. The number of nitrogens with zero attached hydrogens (tertiary/aromatic N) is 1. The molecule has 1 aromatic rings. The Kier molecular flexibility index (Phi) is 5.69. The molecule has 1 aliphatic heterocycles. The first-order chi connectivity index (χ1) is 12.3. The van der Waals surface area contributed by atoms with Gasteiger partial charge in [-0.3, -0.25) is 4.72 Å². The minimum absolute atomic E-state index is 0.208. The SMILES string of the molecule is CCCCCCN1C[C@@H]2[C@H](C1)C2(C)c1cccc(NS(=O)(=O)C(C)C)c1. The molecule has 0 amide bonds. The Morgan fingerprint density at radius 3 is 2.50 bits per heavy atom. The van der Waals surface area contributed by atoms with Crippen LogP contribution >= 0.6 is 0 Å². The number of hydrogen-bond donors (Lipinski definition) is 1. The minimum Gasteiger partial charge on any atom is -0.303 e. The fraction of sp³-hybridized carbons (Fsp3) is 0.714. The smallest absolute Gasteiger partial charge is 0.235 e. The van der Waals surface area contributed by atoms with Crippen LogP contribution in [0.15, 0.2) is 24.3 Å². The molecule has 1 aliphatic carbocycles. The molecule has 2 aliphatic rings. The summed E-state index contributed by atoms with van der Waals surface area (Å²) in [6.07, 6.45) is 5.30. The van der Waals surface area contributed by atoms with Gasteiger partial charge in [-0.15, -0.1) is 0 Å². The van der Waals surface area contributed by atoms with Gasteiger partial charge in [-0.05, 0) is 56.3 Å². The molecule has 1 saturated carbocycles. The molecule has 5 heteroatoms. The molecule has 0 radical (unpaired) electrons. The minimum atomic E-state index is -3.29. The Hall–Kier alpha value is -1.07. The lowest BCUT2D eigenvalue weighted by atomic mass is 9.92. The number of benzene rings is 1. The summed E-state index contributed by atoms with van der Waals surface area (Å²) >= 11 is 0. The molecule has 2 fully saturated rings. The van der Waals surface area contributed by atoms with Gasteiger partial charge >= 0.3 is 0 Å².